The van der Waals surface area contributed by atoms with Crippen LogP contribution in [-0.2, 0) is 5.41 Å². The molecule has 64 heavy (non-hydrogen) atoms. The lowest BCUT2D eigenvalue weighted by Crippen LogP contribution is -2.74. The molecule has 0 saturated heterocycles. The number of rotatable bonds is 7. The van der Waals surface area contributed by atoms with Gasteiger partial charge in [0.2, 0.25) is 0 Å². The zero-order chi connectivity index (χ0) is 42.8. The minimum absolute atomic E-state index is 0.110. The second-order valence-corrected chi connectivity index (χ2v) is 21.7. The van der Waals surface area contributed by atoms with Gasteiger partial charge in [-0.15, -0.1) is 0 Å². The van der Waals surface area contributed by atoms with Gasteiger partial charge in [0.25, 0.3) is 0 Å². The fourth-order valence-corrected chi connectivity index (χ4v) is 16.1. The highest BCUT2D eigenvalue weighted by Gasteiger charge is 2.41. The topological polar surface area (TPSA) is 0 Å². The Bertz CT molecular complexity index is 3450. The first-order chi connectivity index (χ1) is 31.5. The van der Waals surface area contributed by atoms with Crippen molar-refractivity contribution in [2.24, 2.45) is 0 Å². The van der Waals surface area contributed by atoms with E-state index in [1.165, 1.54) is 109 Å². The molecule has 0 nitrogen and oxygen atoms in total. The van der Waals surface area contributed by atoms with E-state index in [0.717, 1.165) is 0 Å². The van der Waals surface area contributed by atoms with Crippen LogP contribution in [0.1, 0.15) is 25.0 Å². The molecule has 0 saturated carbocycles. The average Bonchev–Trinajstić information content (AvgIpc) is 3.60. The molecule has 1 heteroatoms. The van der Waals surface area contributed by atoms with E-state index in [-0.39, 0.29) is 5.41 Å². The van der Waals surface area contributed by atoms with Crippen LogP contribution in [0.15, 0.2) is 243 Å². The molecule has 0 aliphatic heterocycles. The van der Waals surface area contributed by atoms with Gasteiger partial charge in [0.1, 0.15) is 0 Å². The first kappa shape index (κ1) is 38.1. The molecule has 0 fully saturated rings. The minimum atomic E-state index is -2.70. The average molecular weight is 831 g/mol. The molecule has 0 unspecified atom stereocenters. The number of hydrogen-bond acceptors (Lipinski definition) is 0. The number of hydrogen-bond donors (Lipinski definition) is 0. The van der Waals surface area contributed by atoms with Gasteiger partial charge in [0, 0.05) is 5.41 Å². The Hall–Kier alpha value is -7.58. The zero-order valence-electron chi connectivity index (χ0n) is 36.1. The van der Waals surface area contributed by atoms with Crippen LogP contribution in [0, 0.1) is 0 Å². The van der Waals surface area contributed by atoms with Gasteiger partial charge >= 0.3 is 0 Å². The second kappa shape index (κ2) is 15.1. The summed E-state index contributed by atoms with van der Waals surface area (Å²) in [6.07, 6.45) is 0. The van der Waals surface area contributed by atoms with Crippen LogP contribution in [0.3, 0.4) is 0 Å². The van der Waals surface area contributed by atoms with Crippen LogP contribution in [0.4, 0.5) is 0 Å². The summed E-state index contributed by atoms with van der Waals surface area (Å²) in [5.74, 6) is 0. The maximum absolute atomic E-state index is 2.70. The predicted octanol–water partition coefficient (Wildman–Crippen LogP) is 13.8. The fourth-order valence-electron chi connectivity index (χ4n) is 11.3. The molecule has 0 atom stereocenters. The Balaban J connectivity index is 1.15. The van der Waals surface area contributed by atoms with Crippen molar-refractivity contribution in [2.75, 3.05) is 0 Å². The van der Waals surface area contributed by atoms with Crippen LogP contribution in [0.2, 0.25) is 0 Å². The van der Waals surface area contributed by atoms with Crippen LogP contribution in [-0.4, -0.2) is 8.07 Å². The molecule has 302 valence electrons. The van der Waals surface area contributed by atoms with Crippen molar-refractivity contribution in [1.82, 2.24) is 0 Å². The highest BCUT2D eigenvalue weighted by Crippen LogP contribution is 2.54. The molecular weight excluding hydrogens is 785 g/mol. The SMILES string of the molecule is CC1(C)c2ccccc2-c2c(-c3c4ccccc4c(-c4ccc([Si](c5ccccc5)(c5ccccc5)c5ccccc5)cc4)c4ccc(-c5cccc6ccccc56)cc34)cccc21. The van der Waals surface area contributed by atoms with Gasteiger partial charge in [0.05, 0.1) is 0 Å². The fraction of sp³-hybridized carbons (Fsp3) is 0.0476. The quantitative estimate of drug-likeness (QED) is 0.0853. The lowest BCUT2D eigenvalue weighted by atomic mass is 9.80. The van der Waals surface area contributed by atoms with Gasteiger partial charge in [-0.1, -0.05) is 250 Å². The molecule has 11 aromatic rings. The predicted molar refractivity (Wildman–Crippen MR) is 276 cm³/mol. The van der Waals surface area contributed by atoms with E-state index in [1.54, 1.807) is 0 Å². The van der Waals surface area contributed by atoms with E-state index in [2.05, 4.69) is 257 Å². The van der Waals surface area contributed by atoms with Crippen molar-refractivity contribution in [2.45, 2.75) is 19.3 Å². The van der Waals surface area contributed by atoms with Crippen molar-refractivity contribution in [3.05, 3.63) is 254 Å². The van der Waals surface area contributed by atoms with Gasteiger partial charge < -0.3 is 0 Å². The van der Waals surface area contributed by atoms with Crippen LogP contribution < -0.4 is 20.7 Å². The normalized spacial score (nSPS) is 13.0. The smallest absolute Gasteiger partial charge is 0.0623 e. The maximum Gasteiger partial charge on any atom is 0.179 e. The van der Waals surface area contributed by atoms with E-state index in [0.29, 0.717) is 0 Å². The molecular formula is C63H46Si. The summed E-state index contributed by atoms with van der Waals surface area (Å²) in [6, 6.07) is 91.3. The summed E-state index contributed by atoms with van der Waals surface area (Å²) in [7, 11) is -2.70. The standard InChI is InChI=1S/C63H46Si/c1-63(2)58-34-17-16-31-55(58)62-56(33-19-35-59(62)63)61-53-30-15-14-29-52(53)60(54-41-38-45(42-57(54)61)51-32-18-21-43-20-12-13-28-50(43)51)44-36-39-49(40-37-44)64(46-22-6-3-7-23-46,47-24-8-4-9-25-47)48-26-10-5-11-27-48/h3-42H,1-2H3. The van der Waals surface area contributed by atoms with Crippen molar-refractivity contribution >= 4 is 61.1 Å². The summed E-state index contributed by atoms with van der Waals surface area (Å²) in [6.45, 7) is 4.77. The molecule has 0 bridgehead atoms. The summed E-state index contributed by atoms with van der Waals surface area (Å²) >= 11 is 0. The van der Waals surface area contributed by atoms with Crippen LogP contribution >= 0.6 is 0 Å². The molecule has 0 spiro atoms. The van der Waals surface area contributed by atoms with Crippen molar-refractivity contribution in [1.29, 1.82) is 0 Å². The molecule has 0 amide bonds. The Morgan fingerprint density at radius 2 is 0.734 bits per heavy atom. The van der Waals surface area contributed by atoms with Crippen LogP contribution in [0.5, 0.6) is 0 Å². The van der Waals surface area contributed by atoms with Gasteiger partial charge in [-0.2, -0.15) is 0 Å². The molecule has 0 heterocycles. The summed E-state index contributed by atoms with van der Waals surface area (Å²) in [5, 5.41) is 13.1. The van der Waals surface area contributed by atoms with E-state index in [9.17, 15) is 0 Å². The molecule has 1 aliphatic carbocycles. The minimum Gasteiger partial charge on any atom is -0.0623 e. The van der Waals surface area contributed by atoms with E-state index in [1.807, 2.05) is 0 Å². The number of fused-ring (bicyclic) bond motifs is 6. The number of benzene rings is 11. The van der Waals surface area contributed by atoms with Gasteiger partial charge in [-0.3, -0.25) is 0 Å². The Labute approximate surface area is 376 Å². The Morgan fingerprint density at radius 3 is 1.41 bits per heavy atom. The highest BCUT2D eigenvalue weighted by atomic mass is 28.3. The lowest BCUT2D eigenvalue weighted by Gasteiger charge is -2.34. The maximum atomic E-state index is 2.49. The summed E-state index contributed by atoms with van der Waals surface area (Å²) in [4.78, 5) is 0. The highest BCUT2D eigenvalue weighted by molar-refractivity contribution is 7.19. The summed E-state index contributed by atoms with van der Waals surface area (Å²) in [5.41, 5.74) is 12.9. The third-order valence-corrected chi connectivity index (χ3v) is 19.0. The van der Waals surface area contributed by atoms with Gasteiger partial charge in [0.15, 0.2) is 8.07 Å². The van der Waals surface area contributed by atoms with Gasteiger partial charge in [-0.25, -0.2) is 0 Å². The van der Waals surface area contributed by atoms with Crippen molar-refractivity contribution in [3.63, 3.8) is 0 Å². The second-order valence-electron chi connectivity index (χ2n) is 17.9. The first-order valence-electron chi connectivity index (χ1n) is 22.5. The molecule has 0 aromatic heterocycles. The Morgan fingerprint density at radius 1 is 0.281 bits per heavy atom. The Kier molecular flexibility index (Phi) is 8.96. The molecule has 0 N–H and O–H groups in total. The van der Waals surface area contributed by atoms with E-state index in [4.69, 9.17) is 0 Å². The summed E-state index contributed by atoms with van der Waals surface area (Å²) < 4.78 is 0. The molecule has 1 aliphatic rings. The zero-order valence-corrected chi connectivity index (χ0v) is 37.1. The molecule has 0 radical (unpaired) electrons. The van der Waals surface area contributed by atoms with Crippen molar-refractivity contribution in [3.8, 4) is 44.5 Å². The van der Waals surface area contributed by atoms with Gasteiger partial charge in [-0.05, 0) is 115 Å². The third-order valence-electron chi connectivity index (χ3n) is 14.2. The third kappa shape index (κ3) is 5.74. The first-order valence-corrected chi connectivity index (χ1v) is 24.5. The monoisotopic (exact) mass is 830 g/mol. The van der Waals surface area contributed by atoms with E-state index >= 15 is 0 Å². The molecule has 12 rings (SSSR count). The largest absolute Gasteiger partial charge is 0.179 e. The molecule has 11 aromatic carbocycles. The van der Waals surface area contributed by atoms with Crippen molar-refractivity contribution < 1.29 is 0 Å². The lowest BCUT2D eigenvalue weighted by molar-refractivity contribution is 0.660. The van der Waals surface area contributed by atoms with E-state index < -0.39 is 8.07 Å². The van der Waals surface area contributed by atoms with Crippen LogP contribution in [0.25, 0.3) is 76.8 Å².